The lowest BCUT2D eigenvalue weighted by Crippen LogP contribution is -2.15. The third kappa shape index (κ3) is 4.17. The molecule has 1 N–H and O–H groups in total. The molecule has 0 aliphatic carbocycles. The highest BCUT2D eigenvalue weighted by Gasteiger charge is 2.16. The van der Waals surface area contributed by atoms with Crippen LogP contribution in [0.15, 0.2) is 41.2 Å². The van der Waals surface area contributed by atoms with Crippen molar-refractivity contribution in [3.8, 4) is 11.3 Å². The van der Waals surface area contributed by atoms with Crippen LogP contribution in [0.3, 0.4) is 0 Å². The fourth-order valence-electron chi connectivity index (χ4n) is 2.67. The number of rotatable bonds is 6. The first kappa shape index (κ1) is 19.2. The first-order chi connectivity index (χ1) is 14.0. The number of esters is 1. The van der Waals surface area contributed by atoms with E-state index in [9.17, 15) is 14.0 Å². The molecule has 0 radical (unpaired) electrons. The van der Waals surface area contributed by atoms with Crippen LogP contribution in [0.25, 0.3) is 16.2 Å². The molecule has 0 saturated heterocycles. The zero-order valence-electron chi connectivity index (χ0n) is 15.2. The number of ether oxygens (including phenoxy) is 1. The van der Waals surface area contributed by atoms with Crippen molar-refractivity contribution < 1.29 is 18.7 Å². The Kier molecular flexibility index (Phi) is 5.36. The first-order valence-electron chi connectivity index (χ1n) is 8.67. The fraction of sp³-hybridized carbons (Fsp3) is 0.158. The average Bonchev–Trinajstić information content (AvgIpc) is 3.40. The summed E-state index contributed by atoms with van der Waals surface area (Å²) in [6.07, 6.45) is 1.94. The number of anilines is 1. The maximum Gasteiger partial charge on any atom is 0.357 e. The summed E-state index contributed by atoms with van der Waals surface area (Å²) in [4.78, 5) is 33.4. The lowest BCUT2D eigenvalue weighted by Gasteiger charge is -2.01. The summed E-state index contributed by atoms with van der Waals surface area (Å²) in [7, 11) is 0. The summed E-state index contributed by atoms with van der Waals surface area (Å²) in [5.41, 5.74) is 2.44. The van der Waals surface area contributed by atoms with Gasteiger partial charge in [0.25, 0.3) is 0 Å². The molecule has 1 amide bonds. The molecule has 29 heavy (non-hydrogen) atoms. The molecule has 0 saturated carbocycles. The minimum Gasteiger partial charge on any atom is -0.461 e. The largest absolute Gasteiger partial charge is 0.461 e. The van der Waals surface area contributed by atoms with Crippen LogP contribution < -0.4 is 5.32 Å². The van der Waals surface area contributed by atoms with Gasteiger partial charge in [0.15, 0.2) is 15.8 Å². The highest BCUT2D eigenvalue weighted by atomic mass is 32.1. The number of halogens is 1. The van der Waals surface area contributed by atoms with Gasteiger partial charge >= 0.3 is 5.97 Å². The molecule has 10 heteroatoms. The number of nitrogens with zero attached hydrogens (tertiary/aromatic N) is 3. The molecule has 3 aromatic heterocycles. The third-order valence-electron chi connectivity index (χ3n) is 4.00. The van der Waals surface area contributed by atoms with Crippen LogP contribution in [0.2, 0.25) is 0 Å². The molecule has 3 heterocycles. The number of carbonyl (C=O) groups excluding carboxylic acids is 2. The molecular weight excluding hydrogens is 415 g/mol. The van der Waals surface area contributed by atoms with Gasteiger partial charge in [-0.3, -0.25) is 9.20 Å². The molecule has 0 aliphatic rings. The van der Waals surface area contributed by atoms with Gasteiger partial charge in [0.05, 0.1) is 18.7 Å². The van der Waals surface area contributed by atoms with E-state index in [-0.39, 0.29) is 30.4 Å². The maximum absolute atomic E-state index is 13.1. The van der Waals surface area contributed by atoms with E-state index in [1.807, 2.05) is 16.0 Å². The van der Waals surface area contributed by atoms with E-state index >= 15 is 0 Å². The highest BCUT2D eigenvalue weighted by molar-refractivity contribution is 7.15. The summed E-state index contributed by atoms with van der Waals surface area (Å²) in [6, 6.07) is 6.10. The Morgan fingerprint density at radius 1 is 1.17 bits per heavy atom. The van der Waals surface area contributed by atoms with E-state index in [1.54, 1.807) is 24.4 Å². The van der Waals surface area contributed by atoms with E-state index in [0.29, 0.717) is 10.8 Å². The molecule has 0 aliphatic heterocycles. The molecule has 4 rings (SSSR count). The zero-order valence-corrected chi connectivity index (χ0v) is 16.8. The Morgan fingerprint density at radius 2 is 1.97 bits per heavy atom. The Hall–Kier alpha value is -3.11. The average molecular weight is 430 g/mol. The van der Waals surface area contributed by atoms with E-state index in [0.717, 1.165) is 27.6 Å². The number of thiazole rings is 2. The smallest absolute Gasteiger partial charge is 0.357 e. The standard InChI is InChI=1S/C19H15FN4O3S2/c1-2-27-17(26)15-10-28-18(21-15)23-16(25)7-13-9-29-19-22-14(8-24(13)19)11-3-5-12(20)6-4-11/h3-6,8-10H,2,7H2,1H3,(H,21,23,25). The maximum atomic E-state index is 13.1. The monoisotopic (exact) mass is 430 g/mol. The van der Waals surface area contributed by atoms with Crippen LogP contribution in [0.5, 0.6) is 0 Å². The molecule has 1 aromatic carbocycles. The van der Waals surface area contributed by atoms with Gasteiger partial charge in [0.1, 0.15) is 5.82 Å². The van der Waals surface area contributed by atoms with E-state index in [1.165, 1.54) is 23.5 Å². The zero-order chi connectivity index (χ0) is 20.4. The van der Waals surface area contributed by atoms with Crippen molar-refractivity contribution in [1.29, 1.82) is 0 Å². The number of hydrogen-bond donors (Lipinski definition) is 1. The van der Waals surface area contributed by atoms with Crippen LogP contribution in [0.1, 0.15) is 23.1 Å². The van der Waals surface area contributed by atoms with Gasteiger partial charge in [-0.05, 0) is 31.2 Å². The van der Waals surface area contributed by atoms with E-state index in [4.69, 9.17) is 4.74 Å². The van der Waals surface area contributed by atoms with Crippen molar-refractivity contribution in [2.75, 3.05) is 11.9 Å². The Morgan fingerprint density at radius 3 is 2.72 bits per heavy atom. The Bertz CT molecular complexity index is 1180. The number of amides is 1. The van der Waals surface area contributed by atoms with Gasteiger partial charge in [-0.15, -0.1) is 22.7 Å². The first-order valence-corrected chi connectivity index (χ1v) is 10.4. The predicted molar refractivity (Wildman–Crippen MR) is 109 cm³/mol. The molecule has 0 unspecified atom stereocenters. The van der Waals surface area contributed by atoms with Crippen molar-refractivity contribution >= 4 is 44.6 Å². The molecule has 148 valence electrons. The quantitative estimate of drug-likeness (QED) is 0.467. The lowest BCUT2D eigenvalue weighted by atomic mass is 10.2. The SMILES string of the molecule is CCOC(=O)c1csc(NC(=O)Cc2csc3nc(-c4ccc(F)cc4)cn23)n1. The topological polar surface area (TPSA) is 85.6 Å². The molecular formula is C19H15FN4O3S2. The van der Waals surface area contributed by atoms with Gasteiger partial charge in [0.2, 0.25) is 5.91 Å². The van der Waals surface area contributed by atoms with Crippen molar-refractivity contribution in [1.82, 2.24) is 14.4 Å². The number of nitrogens with one attached hydrogen (secondary N) is 1. The number of fused-ring (bicyclic) bond motifs is 1. The van der Waals surface area contributed by atoms with Crippen molar-refractivity contribution in [3.63, 3.8) is 0 Å². The number of benzene rings is 1. The normalized spacial score (nSPS) is 11.0. The number of carbonyl (C=O) groups is 2. The van der Waals surface area contributed by atoms with Gasteiger partial charge in [-0.1, -0.05) is 0 Å². The van der Waals surface area contributed by atoms with Gasteiger partial charge in [0, 0.05) is 28.2 Å². The summed E-state index contributed by atoms with van der Waals surface area (Å²) in [6.45, 7) is 1.98. The van der Waals surface area contributed by atoms with Gasteiger partial charge in [-0.2, -0.15) is 0 Å². The van der Waals surface area contributed by atoms with Crippen LogP contribution in [0, 0.1) is 5.82 Å². The van der Waals surface area contributed by atoms with E-state index < -0.39 is 5.97 Å². The number of imidazole rings is 1. The molecule has 0 spiro atoms. The summed E-state index contributed by atoms with van der Waals surface area (Å²) in [5.74, 6) is -1.08. The minimum absolute atomic E-state index is 0.119. The third-order valence-corrected chi connectivity index (χ3v) is 5.65. The highest BCUT2D eigenvalue weighted by Crippen LogP contribution is 2.24. The fourth-order valence-corrected chi connectivity index (χ4v) is 4.24. The molecule has 0 bridgehead atoms. The molecule has 0 atom stereocenters. The Balaban J connectivity index is 1.47. The van der Waals surface area contributed by atoms with Gasteiger partial charge < -0.3 is 10.1 Å². The lowest BCUT2D eigenvalue weighted by molar-refractivity contribution is -0.115. The van der Waals surface area contributed by atoms with Crippen LogP contribution >= 0.6 is 22.7 Å². The Labute approximate surface area is 172 Å². The second-order valence-electron chi connectivity index (χ2n) is 6.00. The second kappa shape index (κ2) is 8.10. The second-order valence-corrected chi connectivity index (χ2v) is 7.69. The minimum atomic E-state index is -0.518. The van der Waals surface area contributed by atoms with Crippen molar-refractivity contribution in [2.24, 2.45) is 0 Å². The van der Waals surface area contributed by atoms with Crippen LogP contribution in [-0.2, 0) is 16.0 Å². The summed E-state index contributed by atoms with van der Waals surface area (Å²) < 4.78 is 19.8. The molecule has 4 aromatic rings. The van der Waals surface area contributed by atoms with E-state index in [2.05, 4.69) is 15.3 Å². The van der Waals surface area contributed by atoms with Crippen LogP contribution in [0.4, 0.5) is 9.52 Å². The summed E-state index contributed by atoms with van der Waals surface area (Å²) >= 11 is 2.58. The molecule has 0 fully saturated rings. The number of aromatic nitrogens is 3. The summed E-state index contributed by atoms with van der Waals surface area (Å²) in [5, 5.41) is 6.44. The predicted octanol–water partition coefficient (Wildman–Crippen LogP) is 4.02. The molecule has 7 nitrogen and oxygen atoms in total. The van der Waals surface area contributed by atoms with Crippen molar-refractivity contribution in [2.45, 2.75) is 13.3 Å². The van der Waals surface area contributed by atoms with Gasteiger partial charge in [-0.25, -0.2) is 19.2 Å². The van der Waals surface area contributed by atoms with Crippen LogP contribution in [-0.4, -0.2) is 32.9 Å². The number of hydrogen-bond acceptors (Lipinski definition) is 7. The van der Waals surface area contributed by atoms with Crippen molar-refractivity contribution in [3.05, 3.63) is 58.4 Å².